The van der Waals surface area contributed by atoms with Crippen molar-refractivity contribution in [3.05, 3.63) is 23.6 Å². The van der Waals surface area contributed by atoms with Gasteiger partial charge in [0.15, 0.2) is 0 Å². The van der Waals surface area contributed by atoms with Crippen LogP contribution in [0.4, 0.5) is 10.2 Å². The molecule has 1 aliphatic heterocycles. The summed E-state index contributed by atoms with van der Waals surface area (Å²) in [5, 5.41) is 4.87. The molecule has 2 N–H and O–H groups in total. The maximum absolute atomic E-state index is 13.5. The zero-order valence-electron chi connectivity index (χ0n) is 11.6. The largest absolute Gasteiger partial charge is 0.358 e. The third kappa shape index (κ3) is 4.74. The topological polar surface area (TPSA) is 114 Å². The van der Waals surface area contributed by atoms with Crippen LogP contribution in [0.2, 0.25) is 0 Å². The summed E-state index contributed by atoms with van der Waals surface area (Å²) in [6.45, 7) is -0.345. The summed E-state index contributed by atoms with van der Waals surface area (Å²) < 4.78 is 39.9. The summed E-state index contributed by atoms with van der Waals surface area (Å²) in [4.78, 5) is 26.2. The van der Waals surface area contributed by atoms with Crippen LogP contribution < -0.4 is 10.6 Å². The Kier molecular flexibility index (Phi) is 4.71. The first-order chi connectivity index (χ1) is 10.2. The van der Waals surface area contributed by atoms with Crippen molar-refractivity contribution >= 4 is 27.8 Å². The van der Waals surface area contributed by atoms with E-state index in [2.05, 4.69) is 19.8 Å². The number of piperidine rings is 1. The Bertz CT molecular complexity index is 707. The number of hydrogen-bond donors (Lipinski definition) is 2. The summed E-state index contributed by atoms with van der Waals surface area (Å²) >= 11 is 0. The van der Waals surface area contributed by atoms with Gasteiger partial charge >= 0.3 is 0 Å². The number of imide groups is 1. The van der Waals surface area contributed by atoms with Crippen molar-refractivity contribution in [2.75, 3.05) is 11.6 Å². The number of aromatic nitrogens is 1. The number of nitrogens with zero attached hydrogens (tertiary/aromatic N) is 1. The highest BCUT2D eigenvalue weighted by Gasteiger charge is 2.26. The maximum Gasteiger partial charge on any atom is 0.264 e. The molecule has 0 aromatic carbocycles. The Labute approximate surface area is 126 Å². The lowest BCUT2D eigenvalue weighted by molar-refractivity contribution is -0.133. The number of carbonyl (C=O) groups excluding carboxylic acids is 2. The van der Waals surface area contributed by atoms with Crippen LogP contribution in [0.5, 0.6) is 0 Å². The van der Waals surface area contributed by atoms with E-state index in [-0.39, 0.29) is 36.7 Å². The third-order valence-electron chi connectivity index (χ3n) is 2.85. The van der Waals surface area contributed by atoms with Crippen molar-refractivity contribution in [1.29, 1.82) is 0 Å². The maximum atomic E-state index is 13.5. The number of amides is 2. The smallest absolute Gasteiger partial charge is 0.264 e. The first-order valence-corrected chi connectivity index (χ1v) is 8.16. The molecule has 0 bridgehead atoms. The number of rotatable bonds is 5. The van der Waals surface area contributed by atoms with Crippen molar-refractivity contribution in [2.45, 2.75) is 25.5 Å². The molecular formula is C12H14FN3O5S. The average Bonchev–Trinajstić information content (AvgIpc) is 2.38. The standard InChI is InChI=1S/C12H14FN3O5S/c1-22(19,20)21-6-7-4-9(13)15-10(5-7)14-8-2-3-11(17)16-12(8)18/h4-5,8H,2-3,6H2,1H3,(H,14,15)(H,16,17,18). The molecule has 120 valence electrons. The molecule has 0 saturated carbocycles. The number of halogens is 1. The van der Waals surface area contributed by atoms with Crippen molar-refractivity contribution < 1.29 is 26.6 Å². The number of hydrogen-bond acceptors (Lipinski definition) is 7. The Morgan fingerprint density at radius 1 is 1.45 bits per heavy atom. The first kappa shape index (κ1) is 16.3. The number of pyridine rings is 1. The molecule has 1 aromatic rings. The molecule has 1 atom stereocenters. The minimum Gasteiger partial charge on any atom is -0.358 e. The molecule has 0 spiro atoms. The van der Waals surface area contributed by atoms with E-state index < -0.39 is 28.0 Å². The van der Waals surface area contributed by atoms with E-state index in [1.807, 2.05) is 0 Å². The summed E-state index contributed by atoms with van der Waals surface area (Å²) in [7, 11) is -3.65. The first-order valence-electron chi connectivity index (χ1n) is 6.34. The molecule has 2 heterocycles. The van der Waals surface area contributed by atoms with Crippen LogP contribution in [0.25, 0.3) is 0 Å². The lowest BCUT2D eigenvalue weighted by Crippen LogP contribution is -2.47. The monoisotopic (exact) mass is 331 g/mol. The van der Waals surface area contributed by atoms with Gasteiger partial charge in [0, 0.05) is 6.42 Å². The molecule has 2 rings (SSSR count). The van der Waals surface area contributed by atoms with Gasteiger partial charge in [0.2, 0.25) is 17.8 Å². The van der Waals surface area contributed by atoms with Crippen molar-refractivity contribution in [1.82, 2.24) is 10.3 Å². The van der Waals surface area contributed by atoms with Gasteiger partial charge in [0.05, 0.1) is 12.9 Å². The highest BCUT2D eigenvalue weighted by Crippen LogP contribution is 2.15. The Balaban J connectivity index is 2.09. The summed E-state index contributed by atoms with van der Waals surface area (Å²) in [6, 6.07) is 1.69. The summed E-state index contributed by atoms with van der Waals surface area (Å²) in [5.74, 6) is -1.67. The Hall–Kier alpha value is -2.07. The van der Waals surface area contributed by atoms with Gasteiger partial charge in [0.25, 0.3) is 10.1 Å². The van der Waals surface area contributed by atoms with Gasteiger partial charge in [-0.25, -0.2) is 4.98 Å². The van der Waals surface area contributed by atoms with Crippen LogP contribution in [0.1, 0.15) is 18.4 Å². The van der Waals surface area contributed by atoms with Crippen LogP contribution in [0.3, 0.4) is 0 Å². The van der Waals surface area contributed by atoms with Gasteiger partial charge in [-0.3, -0.25) is 19.1 Å². The van der Waals surface area contributed by atoms with Crippen LogP contribution in [0.15, 0.2) is 12.1 Å². The minimum atomic E-state index is -3.65. The Morgan fingerprint density at radius 2 is 2.18 bits per heavy atom. The van der Waals surface area contributed by atoms with Crippen LogP contribution in [-0.4, -0.2) is 37.5 Å². The number of nitrogens with one attached hydrogen (secondary N) is 2. The van der Waals surface area contributed by atoms with E-state index >= 15 is 0 Å². The van der Waals surface area contributed by atoms with Crippen molar-refractivity contribution in [2.24, 2.45) is 0 Å². The second kappa shape index (κ2) is 6.36. The van der Waals surface area contributed by atoms with E-state index in [9.17, 15) is 22.4 Å². The predicted octanol–water partition coefficient (Wildman–Crippen LogP) is -0.0860. The fourth-order valence-electron chi connectivity index (χ4n) is 1.89. The fraction of sp³-hybridized carbons (Fsp3) is 0.417. The van der Waals surface area contributed by atoms with E-state index in [4.69, 9.17) is 0 Å². The fourth-order valence-corrected chi connectivity index (χ4v) is 2.24. The van der Waals surface area contributed by atoms with E-state index in [0.29, 0.717) is 0 Å². The van der Waals surface area contributed by atoms with E-state index in [1.165, 1.54) is 6.07 Å². The molecule has 1 unspecified atom stereocenters. The zero-order valence-corrected chi connectivity index (χ0v) is 12.4. The minimum absolute atomic E-state index is 0.0570. The van der Waals surface area contributed by atoms with E-state index in [1.54, 1.807) is 0 Å². The van der Waals surface area contributed by atoms with Crippen LogP contribution in [0, 0.1) is 5.95 Å². The van der Waals surface area contributed by atoms with Gasteiger partial charge in [-0.2, -0.15) is 12.8 Å². The second-order valence-corrected chi connectivity index (χ2v) is 6.44. The lowest BCUT2D eigenvalue weighted by Gasteiger charge is -2.22. The number of anilines is 1. The van der Waals surface area contributed by atoms with Gasteiger partial charge < -0.3 is 5.32 Å². The molecular weight excluding hydrogens is 317 g/mol. The highest BCUT2D eigenvalue weighted by molar-refractivity contribution is 7.85. The molecule has 8 nitrogen and oxygen atoms in total. The molecule has 10 heteroatoms. The normalized spacial score (nSPS) is 18.9. The summed E-state index contributed by atoms with van der Waals surface area (Å²) in [6.07, 6.45) is 1.31. The van der Waals surface area contributed by atoms with Crippen molar-refractivity contribution in [3.63, 3.8) is 0 Å². The predicted molar refractivity (Wildman–Crippen MR) is 73.6 cm³/mol. The van der Waals surface area contributed by atoms with E-state index in [0.717, 1.165) is 12.3 Å². The third-order valence-corrected chi connectivity index (χ3v) is 3.40. The van der Waals surface area contributed by atoms with Gasteiger partial charge in [0.1, 0.15) is 11.9 Å². The van der Waals surface area contributed by atoms with Crippen molar-refractivity contribution in [3.8, 4) is 0 Å². The average molecular weight is 331 g/mol. The molecule has 0 aliphatic carbocycles. The second-order valence-electron chi connectivity index (χ2n) is 4.80. The van der Waals surface area contributed by atoms with Gasteiger partial charge in [-0.15, -0.1) is 0 Å². The molecule has 1 saturated heterocycles. The zero-order chi connectivity index (χ0) is 16.3. The molecule has 2 amide bonds. The lowest BCUT2D eigenvalue weighted by atomic mass is 10.1. The quantitative estimate of drug-likeness (QED) is 0.440. The van der Waals surface area contributed by atoms with Crippen LogP contribution in [-0.2, 0) is 30.5 Å². The molecule has 1 fully saturated rings. The molecule has 0 radical (unpaired) electrons. The summed E-state index contributed by atoms with van der Waals surface area (Å²) in [5.41, 5.74) is 0.243. The SMILES string of the molecule is CS(=O)(=O)OCc1cc(F)nc(NC2CCC(=O)NC2=O)c1. The molecule has 1 aromatic heterocycles. The molecule has 1 aliphatic rings. The Morgan fingerprint density at radius 3 is 2.82 bits per heavy atom. The van der Waals surface area contributed by atoms with Crippen LogP contribution >= 0.6 is 0 Å². The number of carbonyl (C=O) groups is 2. The van der Waals surface area contributed by atoms with Gasteiger partial charge in [-0.05, 0) is 24.1 Å². The molecule has 22 heavy (non-hydrogen) atoms. The van der Waals surface area contributed by atoms with Gasteiger partial charge in [-0.1, -0.05) is 0 Å². The highest BCUT2D eigenvalue weighted by atomic mass is 32.2.